The van der Waals surface area contributed by atoms with Crippen molar-refractivity contribution in [3.8, 4) is 0 Å². The summed E-state index contributed by atoms with van der Waals surface area (Å²) in [5.74, 6) is 1.11. The highest BCUT2D eigenvalue weighted by Gasteiger charge is 2.11. The molecule has 0 saturated carbocycles. The molecule has 0 aromatic carbocycles. The van der Waals surface area contributed by atoms with Crippen molar-refractivity contribution in [2.45, 2.75) is 19.3 Å². The Morgan fingerprint density at radius 2 is 2.36 bits per heavy atom. The molecule has 0 aromatic rings. The van der Waals surface area contributed by atoms with Gasteiger partial charge in [-0.25, -0.2) is 0 Å². The average Bonchev–Trinajstić information content (AvgIpc) is 2.28. The average molecular weight is 148 g/mol. The first-order valence-electron chi connectivity index (χ1n) is 4.16. The second-order valence-corrected chi connectivity index (χ2v) is 2.88. The van der Waals surface area contributed by atoms with E-state index in [-0.39, 0.29) is 0 Å². The topological polar surface area (TPSA) is 9.23 Å². The van der Waals surface area contributed by atoms with Crippen LogP contribution in [0, 0.1) is 0 Å². The van der Waals surface area contributed by atoms with Crippen molar-refractivity contribution in [3.05, 3.63) is 35.6 Å². The van der Waals surface area contributed by atoms with E-state index in [4.69, 9.17) is 4.74 Å². The van der Waals surface area contributed by atoms with Crippen LogP contribution in [0.15, 0.2) is 35.6 Å². The van der Waals surface area contributed by atoms with Crippen molar-refractivity contribution in [1.29, 1.82) is 0 Å². The second-order valence-electron chi connectivity index (χ2n) is 2.88. The maximum absolute atomic E-state index is 5.51. The molecule has 1 heterocycles. The molecule has 1 aliphatic carbocycles. The molecule has 0 amide bonds. The summed E-state index contributed by atoms with van der Waals surface area (Å²) >= 11 is 0. The van der Waals surface area contributed by atoms with Gasteiger partial charge in [0.25, 0.3) is 0 Å². The van der Waals surface area contributed by atoms with Crippen molar-refractivity contribution >= 4 is 0 Å². The molecule has 2 aliphatic rings. The van der Waals surface area contributed by atoms with Crippen molar-refractivity contribution in [3.63, 3.8) is 0 Å². The van der Waals surface area contributed by atoms with Crippen LogP contribution in [-0.2, 0) is 4.74 Å². The van der Waals surface area contributed by atoms with Gasteiger partial charge >= 0.3 is 0 Å². The molecule has 1 fully saturated rings. The highest BCUT2D eigenvalue weighted by atomic mass is 16.5. The van der Waals surface area contributed by atoms with Crippen molar-refractivity contribution in [2.75, 3.05) is 6.61 Å². The molecule has 0 N–H and O–H groups in total. The number of ether oxygens (including phenoxy) is 1. The molecule has 1 heteroatoms. The van der Waals surface area contributed by atoms with E-state index in [0.29, 0.717) is 0 Å². The Morgan fingerprint density at radius 3 is 3.36 bits per heavy atom. The maximum atomic E-state index is 5.51. The number of rotatable bonds is 0. The molecule has 0 atom stereocenters. The fraction of sp³-hybridized carbons (Fsp3) is 0.400. The molecule has 11 heavy (non-hydrogen) atoms. The molecular weight excluding hydrogens is 136 g/mol. The molecule has 0 bridgehead atoms. The lowest BCUT2D eigenvalue weighted by Crippen LogP contribution is -2.05. The van der Waals surface area contributed by atoms with Gasteiger partial charge in [-0.1, -0.05) is 18.2 Å². The summed E-state index contributed by atoms with van der Waals surface area (Å²) in [5.41, 5.74) is 1.37. The summed E-state index contributed by atoms with van der Waals surface area (Å²) in [6, 6.07) is 0. The standard InChI is InChI=1S/C10H12O/c1-2-5-9-6-4-8-11-10(9)7-3-1/h1-2,5,7H,3-4,6,8H2. The number of allylic oxidation sites excluding steroid dienone is 5. The Labute approximate surface area is 67.1 Å². The number of hydrogen-bond donors (Lipinski definition) is 0. The van der Waals surface area contributed by atoms with Crippen molar-refractivity contribution in [2.24, 2.45) is 0 Å². The predicted molar refractivity (Wildman–Crippen MR) is 45.1 cm³/mol. The van der Waals surface area contributed by atoms with Gasteiger partial charge in [-0.2, -0.15) is 0 Å². The van der Waals surface area contributed by atoms with Crippen LogP contribution >= 0.6 is 0 Å². The van der Waals surface area contributed by atoms with E-state index in [1.165, 1.54) is 12.0 Å². The molecule has 58 valence electrons. The van der Waals surface area contributed by atoms with E-state index >= 15 is 0 Å². The third-order valence-electron chi connectivity index (χ3n) is 2.04. The SMILES string of the molecule is C1=CCC=C2OCCCC2=C1. The highest BCUT2D eigenvalue weighted by Crippen LogP contribution is 2.25. The van der Waals surface area contributed by atoms with Crippen LogP contribution in [-0.4, -0.2) is 6.61 Å². The largest absolute Gasteiger partial charge is 0.494 e. The summed E-state index contributed by atoms with van der Waals surface area (Å²) in [7, 11) is 0. The van der Waals surface area contributed by atoms with Crippen LogP contribution in [0.3, 0.4) is 0 Å². The van der Waals surface area contributed by atoms with E-state index < -0.39 is 0 Å². The quantitative estimate of drug-likeness (QED) is 0.513. The number of hydrogen-bond acceptors (Lipinski definition) is 1. The van der Waals surface area contributed by atoms with Gasteiger partial charge < -0.3 is 4.74 Å². The Bertz CT molecular complexity index is 233. The molecule has 0 aromatic heterocycles. The fourth-order valence-corrected chi connectivity index (χ4v) is 1.45. The van der Waals surface area contributed by atoms with Gasteiger partial charge in [0.05, 0.1) is 6.61 Å². The lowest BCUT2D eigenvalue weighted by Gasteiger charge is -2.18. The van der Waals surface area contributed by atoms with Crippen molar-refractivity contribution < 1.29 is 4.74 Å². The van der Waals surface area contributed by atoms with Crippen LogP contribution in [0.2, 0.25) is 0 Å². The smallest absolute Gasteiger partial charge is 0.118 e. The van der Waals surface area contributed by atoms with Gasteiger partial charge in [0.1, 0.15) is 5.76 Å². The highest BCUT2D eigenvalue weighted by molar-refractivity contribution is 5.33. The van der Waals surface area contributed by atoms with E-state index in [9.17, 15) is 0 Å². The van der Waals surface area contributed by atoms with Gasteiger partial charge in [-0.3, -0.25) is 0 Å². The molecule has 1 saturated heterocycles. The minimum Gasteiger partial charge on any atom is -0.494 e. The number of fused-ring (bicyclic) bond motifs is 1. The molecular formula is C10H12O. The van der Waals surface area contributed by atoms with Gasteiger partial charge in [0.15, 0.2) is 0 Å². The monoisotopic (exact) mass is 148 g/mol. The normalized spacial score (nSPS) is 22.5. The predicted octanol–water partition coefficient (Wildman–Crippen LogP) is 2.57. The summed E-state index contributed by atoms with van der Waals surface area (Å²) in [6.07, 6.45) is 11.9. The van der Waals surface area contributed by atoms with Crippen LogP contribution in [0.1, 0.15) is 19.3 Å². The van der Waals surface area contributed by atoms with E-state index in [2.05, 4.69) is 24.3 Å². The zero-order valence-corrected chi connectivity index (χ0v) is 6.55. The second kappa shape index (κ2) is 2.95. The Balaban J connectivity index is 2.26. The van der Waals surface area contributed by atoms with E-state index in [1.54, 1.807) is 0 Å². The van der Waals surface area contributed by atoms with Gasteiger partial charge in [-0.15, -0.1) is 0 Å². The summed E-state index contributed by atoms with van der Waals surface area (Å²) in [5, 5.41) is 0. The third-order valence-corrected chi connectivity index (χ3v) is 2.04. The summed E-state index contributed by atoms with van der Waals surface area (Å²) in [6.45, 7) is 0.892. The minimum absolute atomic E-state index is 0.892. The van der Waals surface area contributed by atoms with Crippen LogP contribution in [0.25, 0.3) is 0 Å². The Morgan fingerprint density at radius 1 is 1.36 bits per heavy atom. The van der Waals surface area contributed by atoms with Gasteiger partial charge in [-0.05, 0) is 30.9 Å². The Kier molecular flexibility index (Phi) is 1.80. The molecule has 2 rings (SSSR count). The van der Waals surface area contributed by atoms with Crippen LogP contribution in [0.4, 0.5) is 0 Å². The third kappa shape index (κ3) is 1.37. The molecule has 0 radical (unpaired) electrons. The summed E-state index contributed by atoms with van der Waals surface area (Å²) in [4.78, 5) is 0. The van der Waals surface area contributed by atoms with Crippen LogP contribution < -0.4 is 0 Å². The minimum atomic E-state index is 0.892. The molecule has 0 unspecified atom stereocenters. The molecule has 1 aliphatic heterocycles. The van der Waals surface area contributed by atoms with Crippen molar-refractivity contribution in [1.82, 2.24) is 0 Å². The zero-order chi connectivity index (χ0) is 7.52. The first-order chi connectivity index (χ1) is 5.47. The van der Waals surface area contributed by atoms with Gasteiger partial charge in [0, 0.05) is 0 Å². The zero-order valence-electron chi connectivity index (χ0n) is 6.55. The molecule has 1 nitrogen and oxygen atoms in total. The molecule has 0 spiro atoms. The summed E-state index contributed by atoms with van der Waals surface area (Å²) < 4.78 is 5.51. The van der Waals surface area contributed by atoms with Gasteiger partial charge in [0.2, 0.25) is 0 Å². The first kappa shape index (κ1) is 6.71. The lowest BCUT2D eigenvalue weighted by molar-refractivity contribution is 0.193. The fourth-order valence-electron chi connectivity index (χ4n) is 1.45. The Hall–Kier alpha value is -0.980. The van der Waals surface area contributed by atoms with Crippen LogP contribution in [0.5, 0.6) is 0 Å². The maximum Gasteiger partial charge on any atom is 0.118 e. The van der Waals surface area contributed by atoms with E-state index in [0.717, 1.165) is 25.2 Å². The lowest BCUT2D eigenvalue weighted by atomic mass is 10.1. The van der Waals surface area contributed by atoms with E-state index in [1.807, 2.05) is 0 Å². The first-order valence-corrected chi connectivity index (χ1v) is 4.16.